The highest BCUT2D eigenvalue weighted by atomic mass is 16.7. The van der Waals surface area contributed by atoms with E-state index in [0.717, 1.165) is 36.8 Å². The van der Waals surface area contributed by atoms with E-state index in [4.69, 9.17) is 14.2 Å². The molecule has 1 saturated carbocycles. The van der Waals surface area contributed by atoms with E-state index in [-0.39, 0.29) is 12.5 Å². The zero-order valence-corrected chi connectivity index (χ0v) is 18.2. The topological polar surface area (TPSA) is 103 Å². The van der Waals surface area contributed by atoms with Crippen molar-refractivity contribution in [3.63, 3.8) is 0 Å². The molecule has 0 aromatic heterocycles. The minimum absolute atomic E-state index is 0.328. The second kappa shape index (κ2) is 8.90. The third kappa shape index (κ3) is 5.01. The molecule has 2 aromatic carbocycles. The number of rotatable bonds is 6. The number of amides is 2. The zero-order chi connectivity index (χ0) is 22.7. The number of ether oxygens (including phenoxy) is 3. The van der Waals surface area contributed by atoms with E-state index in [1.807, 2.05) is 19.9 Å². The number of anilines is 1. The molecule has 1 fully saturated rings. The third-order valence-electron chi connectivity index (χ3n) is 5.43. The summed E-state index contributed by atoms with van der Waals surface area (Å²) in [7, 11) is 0. The normalized spacial score (nSPS) is 15.4. The number of benzene rings is 2. The van der Waals surface area contributed by atoms with E-state index in [9.17, 15) is 14.4 Å². The van der Waals surface area contributed by atoms with E-state index in [1.165, 1.54) is 0 Å². The fourth-order valence-electron chi connectivity index (χ4n) is 4.04. The Kier molecular flexibility index (Phi) is 6.03. The molecule has 1 aliphatic heterocycles. The summed E-state index contributed by atoms with van der Waals surface area (Å²) in [4.78, 5) is 36.3. The van der Waals surface area contributed by atoms with Gasteiger partial charge in [-0.3, -0.25) is 14.4 Å². The maximum Gasteiger partial charge on any atom is 0.325 e. The summed E-state index contributed by atoms with van der Waals surface area (Å²) in [6.45, 7) is 3.00. The fraction of sp³-hybridized carbons (Fsp3) is 0.375. The number of hydrogen-bond donors (Lipinski definition) is 2. The average Bonchev–Trinajstić information content (AvgIpc) is 3.35. The van der Waals surface area contributed by atoms with Crippen LogP contribution in [0.4, 0.5) is 5.69 Å². The number of hydrogen-bond acceptors (Lipinski definition) is 6. The van der Waals surface area contributed by atoms with Crippen LogP contribution < -0.4 is 20.1 Å². The number of fused-ring (bicyclic) bond motifs is 1. The van der Waals surface area contributed by atoms with Crippen molar-refractivity contribution < 1.29 is 28.6 Å². The van der Waals surface area contributed by atoms with Crippen LogP contribution in [0.25, 0.3) is 0 Å². The Morgan fingerprint density at radius 3 is 2.38 bits per heavy atom. The first kappa shape index (κ1) is 21.7. The molecule has 0 bridgehead atoms. The summed E-state index contributed by atoms with van der Waals surface area (Å²) in [6, 6.07) is 10.6. The highest BCUT2D eigenvalue weighted by Crippen LogP contribution is 2.47. The molecule has 0 saturated heterocycles. The van der Waals surface area contributed by atoms with Crippen molar-refractivity contribution in [2.45, 2.75) is 45.3 Å². The van der Waals surface area contributed by atoms with E-state index in [1.54, 1.807) is 30.3 Å². The minimum Gasteiger partial charge on any atom is -0.454 e. The molecule has 4 rings (SSSR count). The van der Waals surface area contributed by atoms with Gasteiger partial charge in [-0.2, -0.15) is 0 Å². The Bertz CT molecular complexity index is 1040. The van der Waals surface area contributed by atoms with Crippen molar-refractivity contribution in [1.82, 2.24) is 5.32 Å². The lowest BCUT2D eigenvalue weighted by atomic mass is 10.1. The first-order valence-corrected chi connectivity index (χ1v) is 10.7. The maximum atomic E-state index is 12.2. The van der Waals surface area contributed by atoms with Crippen LogP contribution in [0.2, 0.25) is 0 Å². The Hall–Kier alpha value is -3.55. The molecular weight excluding hydrogens is 412 g/mol. The lowest BCUT2D eigenvalue weighted by Gasteiger charge is -2.21. The van der Waals surface area contributed by atoms with Gasteiger partial charge in [0.05, 0.1) is 0 Å². The monoisotopic (exact) mass is 438 g/mol. The molecule has 1 aliphatic carbocycles. The lowest BCUT2D eigenvalue weighted by Crippen LogP contribution is -2.34. The molecule has 32 heavy (non-hydrogen) atoms. The van der Waals surface area contributed by atoms with Crippen LogP contribution >= 0.6 is 0 Å². The summed E-state index contributed by atoms with van der Waals surface area (Å²) < 4.78 is 16.9. The highest BCUT2D eigenvalue weighted by molar-refractivity contribution is 5.97. The Labute approximate surface area is 186 Å². The standard InChI is InChI=1S/C24H26N2O6/c1-15-9-16(2)11-17(10-15)23(29)25-13-22(28)30-14-21(27)26-18-5-6-19-20(12-18)32-24(31-19)7-3-4-8-24/h5-6,9-12H,3-4,7-8,13-14H2,1-2H3,(H,25,29)(H,26,27). The van der Waals surface area contributed by atoms with Gasteiger partial charge in [0.2, 0.25) is 0 Å². The predicted octanol–water partition coefficient (Wildman–Crippen LogP) is 3.26. The van der Waals surface area contributed by atoms with Gasteiger partial charge in [-0.15, -0.1) is 0 Å². The molecule has 168 valence electrons. The summed E-state index contributed by atoms with van der Waals surface area (Å²) in [5.41, 5.74) is 2.90. The van der Waals surface area contributed by atoms with E-state index in [0.29, 0.717) is 22.7 Å². The molecule has 0 atom stereocenters. The van der Waals surface area contributed by atoms with E-state index in [2.05, 4.69) is 10.6 Å². The number of esters is 1. The molecule has 8 heteroatoms. The predicted molar refractivity (Wildman–Crippen MR) is 117 cm³/mol. The number of aryl methyl sites for hydroxylation is 2. The highest BCUT2D eigenvalue weighted by Gasteiger charge is 2.44. The molecule has 2 aliphatic rings. The van der Waals surface area contributed by atoms with Gasteiger partial charge >= 0.3 is 5.97 Å². The van der Waals surface area contributed by atoms with Crippen molar-refractivity contribution in [3.05, 3.63) is 53.1 Å². The van der Waals surface area contributed by atoms with Crippen LogP contribution in [0.3, 0.4) is 0 Å². The SMILES string of the molecule is Cc1cc(C)cc(C(=O)NCC(=O)OCC(=O)Nc2ccc3c(c2)OC2(CCCC2)O3)c1. The quantitative estimate of drug-likeness (QED) is 0.671. The van der Waals surface area contributed by atoms with Crippen LogP contribution in [0.15, 0.2) is 36.4 Å². The van der Waals surface area contributed by atoms with Gasteiger partial charge in [-0.05, 0) is 51.0 Å². The molecule has 2 amide bonds. The van der Waals surface area contributed by atoms with Gasteiger partial charge in [0.1, 0.15) is 6.54 Å². The molecule has 8 nitrogen and oxygen atoms in total. The Morgan fingerprint density at radius 1 is 0.969 bits per heavy atom. The first-order valence-electron chi connectivity index (χ1n) is 10.7. The van der Waals surface area contributed by atoms with Gasteiger partial charge in [-0.1, -0.05) is 17.2 Å². The van der Waals surface area contributed by atoms with Crippen LogP contribution in [0.5, 0.6) is 11.5 Å². The molecule has 0 radical (unpaired) electrons. The third-order valence-corrected chi connectivity index (χ3v) is 5.43. The van der Waals surface area contributed by atoms with Crippen LogP contribution in [-0.2, 0) is 14.3 Å². The second-order valence-electron chi connectivity index (χ2n) is 8.25. The van der Waals surface area contributed by atoms with Crippen LogP contribution in [-0.4, -0.2) is 36.7 Å². The zero-order valence-electron chi connectivity index (χ0n) is 18.2. The molecule has 1 spiro atoms. The number of carbonyl (C=O) groups is 3. The number of nitrogens with one attached hydrogen (secondary N) is 2. The summed E-state index contributed by atoms with van der Waals surface area (Å²) in [6.07, 6.45) is 3.82. The number of carbonyl (C=O) groups excluding carboxylic acids is 3. The van der Waals surface area contributed by atoms with Gasteiger partial charge in [0.25, 0.3) is 17.6 Å². The maximum absolute atomic E-state index is 12.2. The average molecular weight is 438 g/mol. The van der Waals surface area contributed by atoms with Crippen molar-refractivity contribution in [2.75, 3.05) is 18.5 Å². The van der Waals surface area contributed by atoms with Crippen LogP contribution in [0.1, 0.15) is 47.2 Å². The summed E-state index contributed by atoms with van der Waals surface area (Å²) in [5, 5.41) is 5.17. The smallest absolute Gasteiger partial charge is 0.325 e. The van der Waals surface area contributed by atoms with Crippen LogP contribution in [0, 0.1) is 13.8 Å². The Balaban J connectivity index is 1.22. The molecule has 2 aromatic rings. The minimum atomic E-state index is -0.702. The van der Waals surface area contributed by atoms with Crippen molar-refractivity contribution in [3.8, 4) is 11.5 Å². The summed E-state index contributed by atoms with van der Waals surface area (Å²) >= 11 is 0. The largest absolute Gasteiger partial charge is 0.454 e. The Morgan fingerprint density at radius 2 is 1.66 bits per heavy atom. The fourth-order valence-corrected chi connectivity index (χ4v) is 4.04. The van der Waals surface area contributed by atoms with Gasteiger partial charge < -0.3 is 24.8 Å². The summed E-state index contributed by atoms with van der Waals surface area (Å²) in [5.74, 6) is -0.882. The molecule has 0 unspecified atom stereocenters. The van der Waals surface area contributed by atoms with Crippen molar-refractivity contribution in [2.24, 2.45) is 0 Å². The van der Waals surface area contributed by atoms with Gasteiger partial charge in [-0.25, -0.2) is 0 Å². The molecule has 2 N–H and O–H groups in total. The lowest BCUT2D eigenvalue weighted by molar-refractivity contribution is -0.146. The first-order chi connectivity index (χ1) is 15.3. The van der Waals surface area contributed by atoms with E-state index >= 15 is 0 Å². The second-order valence-corrected chi connectivity index (χ2v) is 8.25. The van der Waals surface area contributed by atoms with Crippen molar-refractivity contribution >= 4 is 23.5 Å². The molecular formula is C24H26N2O6. The van der Waals surface area contributed by atoms with E-state index < -0.39 is 24.3 Å². The van der Waals surface area contributed by atoms with Crippen molar-refractivity contribution in [1.29, 1.82) is 0 Å². The van der Waals surface area contributed by atoms with Gasteiger partial charge in [0.15, 0.2) is 18.1 Å². The van der Waals surface area contributed by atoms with Gasteiger partial charge in [0, 0.05) is 30.2 Å². The molecule has 1 heterocycles.